The average Bonchev–Trinajstić information content (AvgIpc) is 2.92. The maximum atomic E-state index is 12.6. The Morgan fingerprint density at radius 2 is 1.22 bits per heavy atom. The van der Waals surface area contributed by atoms with Crippen LogP contribution in [-0.4, -0.2) is 63.8 Å². The first-order chi connectivity index (χ1) is 18.1. The number of methoxy groups -OCH3 is 1. The van der Waals surface area contributed by atoms with Gasteiger partial charge in [0, 0.05) is 7.11 Å². The van der Waals surface area contributed by atoms with Crippen molar-refractivity contribution < 1.29 is 43.1 Å². The molecule has 0 spiro atoms. The molecule has 1 N–H and O–H groups in total. The lowest BCUT2D eigenvalue weighted by Gasteiger charge is -2.25. The molecule has 0 amide bonds. The number of hydrogen-bond acceptors (Lipinski definition) is 9. The van der Waals surface area contributed by atoms with Crippen LogP contribution in [0, 0.1) is 11.8 Å². The third kappa shape index (κ3) is 10.1. The molecule has 0 saturated heterocycles. The van der Waals surface area contributed by atoms with Gasteiger partial charge in [0.25, 0.3) is 0 Å². The van der Waals surface area contributed by atoms with Crippen LogP contribution < -0.4 is 14.2 Å². The SMILES string of the molecule is COCCOc1ccc(OC(=O)C2CCC(C(=O)Oc3ccc(COCCOCCO)cc3)CC2)cc1. The van der Waals surface area contributed by atoms with Crippen molar-refractivity contribution in [3.8, 4) is 17.2 Å². The van der Waals surface area contributed by atoms with E-state index in [0.717, 1.165) is 5.56 Å². The van der Waals surface area contributed by atoms with Crippen molar-refractivity contribution >= 4 is 11.9 Å². The van der Waals surface area contributed by atoms with E-state index in [4.69, 9.17) is 33.5 Å². The monoisotopic (exact) mass is 516 g/mol. The zero-order valence-electron chi connectivity index (χ0n) is 21.3. The molecule has 0 heterocycles. The van der Waals surface area contributed by atoms with Gasteiger partial charge in [-0.2, -0.15) is 0 Å². The van der Waals surface area contributed by atoms with Crippen LogP contribution >= 0.6 is 0 Å². The molecule has 9 nitrogen and oxygen atoms in total. The van der Waals surface area contributed by atoms with Crippen LogP contribution in [0.4, 0.5) is 0 Å². The molecule has 0 aliphatic heterocycles. The molecule has 2 aromatic carbocycles. The number of rotatable bonds is 15. The summed E-state index contributed by atoms with van der Waals surface area (Å²) >= 11 is 0. The van der Waals surface area contributed by atoms with Gasteiger partial charge in [-0.25, -0.2) is 0 Å². The van der Waals surface area contributed by atoms with Crippen LogP contribution in [0.2, 0.25) is 0 Å². The van der Waals surface area contributed by atoms with Crippen LogP contribution in [0.5, 0.6) is 17.2 Å². The van der Waals surface area contributed by atoms with E-state index in [1.807, 2.05) is 12.1 Å². The van der Waals surface area contributed by atoms with Gasteiger partial charge in [0.2, 0.25) is 0 Å². The maximum Gasteiger partial charge on any atom is 0.314 e. The van der Waals surface area contributed by atoms with Crippen molar-refractivity contribution in [2.45, 2.75) is 32.3 Å². The van der Waals surface area contributed by atoms with Gasteiger partial charge in [0.15, 0.2) is 0 Å². The summed E-state index contributed by atoms with van der Waals surface area (Å²) in [6, 6.07) is 14.1. The van der Waals surface area contributed by atoms with E-state index < -0.39 is 0 Å². The Morgan fingerprint density at radius 1 is 0.703 bits per heavy atom. The van der Waals surface area contributed by atoms with Crippen molar-refractivity contribution in [2.24, 2.45) is 11.8 Å². The molecular weight excluding hydrogens is 480 g/mol. The first-order valence-corrected chi connectivity index (χ1v) is 12.6. The molecule has 1 aliphatic carbocycles. The second-order valence-electron chi connectivity index (χ2n) is 8.74. The quantitative estimate of drug-likeness (QED) is 0.216. The number of hydrogen-bond donors (Lipinski definition) is 1. The minimum absolute atomic E-state index is 0.00382. The molecule has 0 unspecified atom stereocenters. The standard InChI is InChI=1S/C28H36O9/c1-32-16-19-35-24-10-12-26(13-11-24)37-28(31)23-6-4-22(5-7-23)27(30)36-25-8-2-21(3-9-25)20-34-18-17-33-15-14-29/h2-3,8-13,22-23,29H,4-7,14-20H2,1H3. The van der Waals surface area contributed by atoms with E-state index >= 15 is 0 Å². The highest BCUT2D eigenvalue weighted by Crippen LogP contribution is 2.31. The molecule has 3 rings (SSSR count). The van der Waals surface area contributed by atoms with E-state index in [9.17, 15) is 9.59 Å². The van der Waals surface area contributed by atoms with E-state index in [2.05, 4.69) is 0 Å². The first kappa shape index (κ1) is 28.6. The highest BCUT2D eigenvalue weighted by atomic mass is 16.5. The summed E-state index contributed by atoms with van der Waals surface area (Å²) in [7, 11) is 1.61. The fourth-order valence-corrected chi connectivity index (χ4v) is 3.94. The van der Waals surface area contributed by atoms with Crippen LogP contribution in [-0.2, 0) is 30.4 Å². The smallest absolute Gasteiger partial charge is 0.314 e. The second-order valence-corrected chi connectivity index (χ2v) is 8.74. The fourth-order valence-electron chi connectivity index (χ4n) is 3.94. The van der Waals surface area contributed by atoms with Crippen LogP contribution in [0.25, 0.3) is 0 Å². The van der Waals surface area contributed by atoms with Crippen LogP contribution in [0.3, 0.4) is 0 Å². The number of aliphatic hydroxyl groups is 1. The summed E-state index contributed by atoms with van der Waals surface area (Å²) in [4.78, 5) is 25.2. The molecule has 1 aliphatic rings. The van der Waals surface area contributed by atoms with Gasteiger partial charge in [-0.3, -0.25) is 9.59 Å². The zero-order chi connectivity index (χ0) is 26.3. The van der Waals surface area contributed by atoms with Crippen molar-refractivity contribution in [1.82, 2.24) is 0 Å². The lowest BCUT2D eigenvalue weighted by Crippen LogP contribution is -2.30. The van der Waals surface area contributed by atoms with Crippen LogP contribution in [0.1, 0.15) is 31.2 Å². The summed E-state index contributed by atoms with van der Waals surface area (Å²) in [5.41, 5.74) is 0.953. The third-order valence-electron chi connectivity index (χ3n) is 6.01. The minimum Gasteiger partial charge on any atom is -0.491 e. The molecular formula is C28H36O9. The summed E-state index contributed by atoms with van der Waals surface area (Å²) in [5.74, 6) is 0.591. The second kappa shape index (κ2) is 16.0. The molecule has 0 atom stereocenters. The Labute approximate surface area is 217 Å². The van der Waals surface area contributed by atoms with Gasteiger partial charge in [-0.15, -0.1) is 0 Å². The fraction of sp³-hybridized carbons (Fsp3) is 0.500. The molecule has 0 radical (unpaired) electrons. The van der Waals surface area contributed by atoms with E-state index in [0.29, 0.717) is 82.6 Å². The van der Waals surface area contributed by atoms with Gasteiger partial charge in [-0.05, 0) is 67.6 Å². The summed E-state index contributed by atoms with van der Waals surface area (Å²) < 4.78 is 32.2. The number of esters is 2. The lowest BCUT2D eigenvalue weighted by atomic mass is 9.82. The van der Waals surface area contributed by atoms with Gasteiger partial charge < -0.3 is 33.5 Å². The van der Waals surface area contributed by atoms with Gasteiger partial charge >= 0.3 is 11.9 Å². The summed E-state index contributed by atoms with van der Waals surface area (Å²) in [5, 5.41) is 8.66. The van der Waals surface area contributed by atoms with E-state index in [-0.39, 0.29) is 30.4 Å². The number of carbonyl (C=O) groups excluding carboxylic acids is 2. The van der Waals surface area contributed by atoms with Crippen molar-refractivity contribution in [2.75, 3.05) is 46.8 Å². The molecule has 1 saturated carbocycles. The van der Waals surface area contributed by atoms with E-state index in [1.54, 1.807) is 43.5 Å². The Balaban J connectivity index is 1.35. The Morgan fingerprint density at radius 3 is 1.76 bits per heavy atom. The molecule has 1 fully saturated rings. The minimum atomic E-state index is -0.280. The Kier molecular flexibility index (Phi) is 12.4. The summed E-state index contributed by atoms with van der Waals surface area (Å²) in [6.45, 7) is 2.53. The number of ether oxygens (including phenoxy) is 6. The van der Waals surface area contributed by atoms with Crippen molar-refractivity contribution in [3.05, 3.63) is 54.1 Å². The molecule has 0 bridgehead atoms. The zero-order valence-corrected chi connectivity index (χ0v) is 21.3. The van der Waals surface area contributed by atoms with Gasteiger partial charge in [0.1, 0.15) is 23.9 Å². The number of carbonyl (C=O) groups is 2. The highest BCUT2D eigenvalue weighted by molar-refractivity contribution is 5.77. The lowest BCUT2D eigenvalue weighted by molar-refractivity contribution is -0.145. The number of aliphatic hydroxyl groups excluding tert-OH is 1. The summed E-state index contributed by atoms with van der Waals surface area (Å²) in [6.07, 6.45) is 2.31. The van der Waals surface area contributed by atoms with E-state index in [1.165, 1.54) is 0 Å². The first-order valence-electron chi connectivity index (χ1n) is 12.6. The Hall–Kier alpha value is -2.98. The van der Waals surface area contributed by atoms with Gasteiger partial charge in [0.05, 0.1) is 51.5 Å². The largest absolute Gasteiger partial charge is 0.491 e. The average molecular weight is 517 g/mol. The highest BCUT2D eigenvalue weighted by Gasteiger charge is 2.32. The van der Waals surface area contributed by atoms with Crippen molar-refractivity contribution in [1.29, 1.82) is 0 Å². The predicted octanol–water partition coefficient (Wildman–Crippen LogP) is 3.55. The molecule has 9 heteroatoms. The topological polar surface area (TPSA) is 110 Å². The molecule has 202 valence electrons. The third-order valence-corrected chi connectivity index (χ3v) is 6.01. The van der Waals surface area contributed by atoms with Gasteiger partial charge in [-0.1, -0.05) is 12.1 Å². The Bertz CT molecular complexity index is 935. The molecule has 0 aromatic heterocycles. The maximum absolute atomic E-state index is 12.6. The van der Waals surface area contributed by atoms with Crippen molar-refractivity contribution in [3.63, 3.8) is 0 Å². The predicted molar refractivity (Wildman–Crippen MR) is 135 cm³/mol. The molecule has 37 heavy (non-hydrogen) atoms. The normalized spacial score (nSPS) is 17.2. The molecule has 2 aromatic rings. The number of benzene rings is 2. The van der Waals surface area contributed by atoms with Crippen LogP contribution in [0.15, 0.2) is 48.5 Å².